The minimum Gasteiger partial charge on any atom is -0.494 e. The number of amides is 1. The molecule has 0 saturated carbocycles. The minimum absolute atomic E-state index is 0. The van der Waals surface area contributed by atoms with Crippen molar-refractivity contribution in [2.45, 2.75) is 19.9 Å². The fourth-order valence-electron chi connectivity index (χ4n) is 2.12. The first kappa shape index (κ1) is 16.5. The van der Waals surface area contributed by atoms with Crippen molar-refractivity contribution in [3.8, 4) is 5.75 Å². The third-order valence-electron chi connectivity index (χ3n) is 3.22. The van der Waals surface area contributed by atoms with Crippen molar-refractivity contribution in [2.24, 2.45) is 5.41 Å². The van der Waals surface area contributed by atoms with Crippen LogP contribution in [0.15, 0.2) is 12.1 Å². The first-order valence-electron chi connectivity index (χ1n) is 5.82. The molecule has 2 rings (SSSR count). The van der Waals surface area contributed by atoms with E-state index in [9.17, 15) is 13.6 Å². The molecular weight excluding hydrogens is 292 g/mol. The Hall–Kier alpha value is -1.56. The van der Waals surface area contributed by atoms with Crippen LogP contribution in [0.5, 0.6) is 5.75 Å². The first-order valence-corrected chi connectivity index (χ1v) is 5.82. The van der Waals surface area contributed by atoms with E-state index in [4.69, 9.17) is 9.47 Å². The van der Waals surface area contributed by atoms with E-state index >= 15 is 0 Å². The normalized spacial score (nSPS) is 20.4. The SMILES string of the molecule is COc1ccc(F)c([C@H]2NC(=O)OCC2(C)C)c1F.Cl. The van der Waals surface area contributed by atoms with Crippen molar-refractivity contribution in [3.63, 3.8) is 0 Å². The molecule has 1 fully saturated rings. The van der Waals surface area contributed by atoms with Crippen molar-refractivity contribution in [2.75, 3.05) is 13.7 Å². The molecule has 20 heavy (non-hydrogen) atoms. The molecule has 1 aromatic rings. The molecule has 1 atom stereocenters. The van der Waals surface area contributed by atoms with Gasteiger partial charge in [-0.25, -0.2) is 13.6 Å². The van der Waals surface area contributed by atoms with E-state index in [0.29, 0.717) is 0 Å². The summed E-state index contributed by atoms with van der Waals surface area (Å²) in [6, 6.07) is 1.51. The van der Waals surface area contributed by atoms with E-state index in [-0.39, 0.29) is 30.3 Å². The zero-order valence-corrected chi connectivity index (χ0v) is 12.1. The number of hydrogen-bond donors (Lipinski definition) is 1. The smallest absolute Gasteiger partial charge is 0.407 e. The Kier molecular flexibility index (Phi) is 4.81. The maximum absolute atomic E-state index is 14.2. The van der Waals surface area contributed by atoms with Gasteiger partial charge < -0.3 is 14.8 Å². The highest BCUT2D eigenvalue weighted by Gasteiger charge is 2.41. The maximum Gasteiger partial charge on any atom is 0.407 e. The summed E-state index contributed by atoms with van der Waals surface area (Å²) in [5, 5.41) is 2.46. The first-order chi connectivity index (χ1) is 8.86. The number of carbonyl (C=O) groups excluding carboxylic acids is 1. The number of alkyl carbamates (subject to hydrolysis) is 1. The topological polar surface area (TPSA) is 47.6 Å². The van der Waals surface area contributed by atoms with Gasteiger partial charge in [-0.05, 0) is 12.1 Å². The van der Waals surface area contributed by atoms with Crippen LogP contribution in [-0.2, 0) is 4.74 Å². The summed E-state index contributed by atoms with van der Waals surface area (Å²) in [4.78, 5) is 11.3. The molecule has 0 aromatic heterocycles. The molecule has 0 radical (unpaired) electrons. The largest absolute Gasteiger partial charge is 0.494 e. The van der Waals surface area contributed by atoms with E-state index in [1.165, 1.54) is 13.2 Å². The lowest BCUT2D eigenvalue weighted by molar-refractivity contribution is 0.0366. The molecule has 1 saturated heterocycles. The second-order valence-electron chi connectivity index (χ2n) is 5.12. The highest BCUT2D eigenvalue weighted by Crippen LogP contribution is 2.40. The van der Waals surface area contributed by atoms with Crippen LogP contribution in [-0.4, -0.2) is 19.8 Å². The highest BCUT2D eigenvalue weighted by atomic mass is 35.5. The molecule has 1 aromatic carbocycles. The molecule has 112 valence electrons. The van der Waals surface area contributed by atoms with Gasteiger partial charge in [0.25, 0.3) is 0 Å². The van der Waals surface area contributed by atoms with Crippen molar-refractivity contribution in [1.29, 1.82) is 0 Å². The number of methoxy groups -OCH3 is 1. The van der Waals surface area contributed by atoms with E-state index in [1.807, 2.05) is 0 Å². The summed E-state index contributed by atoms with van der Waals surface area (Å²) < 4.78 is 37.9. The van der Waals surface area contributed by atoms with Crippen molar-refractivity contribution < 1.29 is 23.0 Å². The Morgan fingerprint density at radius 3 is 2.65 bits per heavy atom. The number of cyclic esters (lactones) is 1. The number of rotatable bonds is 2. The van der Waals surface area contributed by atoms with E-state index < -0.39 is 29.2 Å². The minimum atomic E-state index is -0.816. The second kappa shape index (κ2) is 5.83. The fraction of sp³-hybridized carbons (Fsp3) is 0.462. The van der Waals surface area contributed by atoms with Crippen LogP contribution in [0.25, 0.3) is 0 Å². The van der Waals surface area contributed by atoms with Crippen molar-refractivity contribution in [1.82, 2.24) is 5.32 Å². The zero-order chi connectivity index (χ0) is 14.2. The Morgan fingerprint density at radius 1 is 1.40 bits per heavy atom. The molecule has 1 N–H and O–H groups in total. The molecule has 7 heteroatoms. The summed E-state index contributed by atoms with van der Waals surface area (Å²) in [6.07, 6.45) is -0.689. The molecule has 0 unspecified atom stereocenters. The van der Waals surface area contributed by atoms with Gasteiger partial charge in [-0.3, -0.25) is 0 Å². The van der Waals surface area contributed by atoms with E-state index in [0.717, 1.165) is 6.07 Å². The number of carbonyl (C=O) groups is 1. The second-order valence-corrected chi connectivity index (χ2v) is 5.12. The van der Waals surface area contributed by atoms with Gasteiger partial charge >= 0.3 is 6.09 Å². The van der Waals surface area contributed by atoms with Crippen LogP contribution >= 0.6 is 12.4 Å². The summed E-state index contributed by atoms with van der Waals surface area (Å²) >= 11 is 0. The quantitative estimate of drug-likeness (QED) is 0.912. The van der Waals surface area contributed by atoms with Gasteiger partial charge in [0.15, 0.2) is 11.6 Å². The molecule has 1 amide bonds. The Balaban J connectivity index is 0.00000200. The summed E-state index contributed by atoms with van der Waals surface area (Å²) in [5.41, 5.74) is -0.844. The molecule has 4 nitrogen and oxygen atoms in total. The summed E-state index contributed by atoms with van der Waals surface area (Å²) in [5.74, 6) is -1.59. The molecule has 1 heterocycles. The Morgan fingerprint density at radius 2 is 2.05 bits per heavy atom. The Bertz CT molecular complexity index is 523. The van der Waals surface area contributed by atoms with Gasteiger partial charge in [0.2, 0.25) is 0 Å². The number of halogens is 3. The lowest BCUT2D eigenvalue weighted by Crippen LogP contribution is -2.47. The predicted octanol–water partition coefficient (Wildman–Crippen LogP) is 3.20. The summed E-state index contributed by atoms with van der Waals surface area (Å²) in [7, 11) is 1.30. The fourth-order valence-corrected chi connectivity index (χ4v) is 2.12. The maximum atomic E-state index is 14.2. The van der Waals surface area contributed by atoms with Crippen LogP contribution < -0.4 is 10.1 Å². The van der Waals surface area contributed by atoms with E-state index in [1.54, 1.807) is 13.8 Å². The van der Waals surface area contributed by atoms with Crippen LogP contribution in [0.3, 0.4) is 0 Å². The van der Waals surface area contributed by atoms with Crippen molar-refractivity contribution >= 4 is 18.5 Å². The number of nitrogens with one attached hydrogen (secondary N) is 1. The molecular formula is C13H16ClF2NO3. The van der Waals surface area contributed by atoms with Gasteiger partial charge in [-0.2, -0.15) is 0 Å². The lowest BCUT2D eigenvalue weighted by atomic mass is 9.80. The third-order valence-corrected chi connectivity index (χ3v) is 3.22. The summed E-state index contributed by atoms with van der Waals surface area (Å²) in [6.45, 7) is 3.60. The van der Waals surface area contributed by atoms with E-state index in [2.05, 4.69) is 5.32 Å². The molecule has 0 aliphatic carbocycles. The van der Waals surface area contributed by atoms with Gasteiger partial charge in [-0.1, -0.05) is 13.8 Å². The molecule has 0 spiro atoms. The monoisotopic (exact) mass is 307 g/mol. The van der Waals surface area contributed by atoms with Gasteiger partial charge in [0, 0.05) is 5.41 Å². The molecule has 1 aliphatic heterocycles. The van der Waals surface area contributed by atoms with Crippen LogP contribution in [0, 0.1) is 17.0 Å². The average molecular weight is 308 g/mol. The lowest BCUT2D eigenvalue weighted by Gasteiger charge is -2.38. The average Bonchev–Trinajstić information content (AvgIpc) is 2.34. The van der Waals surface area contributed by atoms with Crippen LogP contribution in [0.1, 0.15) is 25.5 Å². The molecule has 0 bridgehead atoms. The van der Waals surface area contributed by atoms with Gasteiger partial charge in [-0.15, -0.1) is 12.4 Å². The van der Waals surface area contributed by atoms with Gasteiger partial charge in [0.1, 0.15) is 12.4 Å². The standard InChI is InChI=1S/C13H15F2NO3.ClH/c1-13(2)6-19-12(17)16-11(13)9-7(14)4-5-8(18-3)10(9)15;/h4-5,11H,6H2,1-3H3,(H,16,17);1H/t11-;/m1./s1. The van der Waals surface area contributed by atoms with Crippen molar-refractivity contribution in [3.05, 3.63) is 29.3 Å². The number of benzene rings is 1. The number of ether oxygens (including phenoxy) is 2. The zero-order valence-electron chi connectivity index (χ0n) is 11.3. The van der Waals surface area contributed by atoms with Crippen LogP contribution in [0.2, 0.25) is 0 Å². The van der Waals surface area contributed by atoms with Crippen LogP contribution in [0.4, 0.5) is 13.6 Å². The molecule has 1 aliphatic rings. The highest BCUT2D eigenvalue weighted by molar-refractivity contribution is 5.85. The number of hydrogen-bond acceptors (Lipinski definition) is 3. The third kappa shape index (κ3) is 2.80. The predicted molar refractivity (Wildman–Crippen MR) is 71.2 cm³/mol. The Labute approximate surface area is 121 Å². The van der Waals surface area contributed by atoms with Gasteiger partial charge in [0.05, 0.1) is 18.7 Å².